The van der Waals surface area contributed by atoms with Gasteiger partial charge in [-0.25, -0.2) is 0 Å². The minimum absolute atomic E-state index is 0.0108. The van der Waals surface area contributed by atoms with Crippen molar-refractivity contribution >= 4 is 16.8 Å². The van der Waals surface area contributed by atoms with Crippen molar-refractivity contribution in [1.82, 2.24) is 14.8 Å². The molecule has 1 atom stereocenters. The molecule has 1 aliphatic heterocycles. The summed E-state index contributed by atoms with van der Waals surface area (Å²) in [5, 5.41) is 10.4. The normalized spacial score (nSPS) is 18.0. The second-order valence-corrected chi connectivity index (χ2v) is 6.79. The smallest absolute Gasteiger partial charge is 0.255 e. The highest BCUT2D eigenvalue weighted by atomic mass is 16.5. The molecule has 1 aromatic carbocycles. The van der Waals surface area contributed by atoms with Gasteiger partial charge in [-0.1, -0.05) is 0 Å². The molecular formula is C19H25N3O3. The lowest BCUT2D eigenvalue weighted by molar-refractivity contribution is -0.0260. The Morgan fingerprint density at radius 2 is 2.24 bits per heavy atom. The Kier molecular flexibility index (Phi) is 5.50. The molecule has 0 spiro atoms. The number of hydrogen-bond acceptors (Lipinski definition) is 5. The summed E-state index contributed by atoms with van der Waals surface area (Å²) < 4.78 is 5.80. The van der Waals surface area contributed by atoms with Crippen LogP contribution in [0.4, 0.5) is 0 Å². The Morgan fingerprint density at radius 1 is 1.40 bits per heavy atom. The van der Waals surface area contributed by atoms with Gasteiger partial charge in [0.2, 0.25) is 0 Å². The van der Waals surface area contributed by atoms with Gasteiger partial charge in [-0.3, -0.25) is 9.78 Å². The average molecular weight is 343 g/mol. The standard InChI is InChI=1S/C19H25N3O3/c1-21(2)7-3-4-17-13-22(8-9-25-17)19(24)15-10-14-5-6-16(23)11-18(14)20-12-15/h5-6,10-12,17,23H,3-4,7-9,13H2,1-2H3. The van der Waals surface area contributed by atoms with Crippen LogP contribution >= 0.6 is 0 Å². The van der Waals surface area contributed by atoms with Gasteiger partial charge < -0.3 is 19.6 Å². The van der Waals surface area contributed by atoms with E-state index < -0.39 is 0 Å². The highest BCUT2D eigenvalue weighted by molar-refractivity contribution is 5.97. The maximum atomic E-state index is 12.8. The molecule has 6 nitrogen and oxygen atoms in total. The number of hydrogen-bond donors (Lipinski definition) is 1. The number of morpholine rings is 1. The minimum Gasteiger partial charge on any atom is -0.508 e. The van der Waals surface area contributed by atoms with E-state index in [-0.39, 0.29) is 17.8 Å². The van der Waals surface area contributed by atoms with Crippen LogP contribution in [0.25, 0.3) is 10.9 Å². The van der Waals surface area contributed by atoms with Crippen LogP contribution in [0.2, 0.25) is 0 Å². The fourth-order valence-electron chi connectivity index (χ4n) is 3.12. The second-order valence-electron chi connectivity index (χ2n) is 6.79. The van der Waals surface area contributed by atoms with Crippen LogP contribution in [0.3, 0.4) is 0 Å². The van der Waals surface area contributed by atoms with Crippen molar-refractivity contribution in [2.45, 2.75) is 18.9 Å². The summed E-state index contributed by atoms with van der Waals surface area (Å²) >= 11 is 0. The summed E-state index contributed by atoms with van der Waals surface area (Å²) in [6.45, 7) is 2.83. The SMILES string of the molecule is CN(C)CCCC1CN(C(=O)c2cnc3cc(O)ccc3c2)CCO1. The Bertz CT molecular complexity index is 748. The van der Waals surface area contributed by atoms with Gasteiger partial charge in [0.25, 0.3) is 5.91 Å². The van der Waals surface area contributed by atoms with E-state index in [0.717, 1.165) is 24.8 Å². The zero-order chi connectivity index (χ0) is 17.8. The number of aromatic hydroxyl groups is 1. The summed E-state index contributed by atoms with van der Waals surface area (Å²) in [4.78, 5) is 21.1. The quantitative estimate of drug-likeness (QED) is 0.901. The maximum Gasteiger partial charge on any atom is 0.255 e. The molecule has 1 fully saturated rings. The van der Waals surface area contributed by atoms with Crippen LogP contribution in [0.1, 0.15) is 23.2 Å². The Morgan fingerprint density at radius 3 is 3.04 bits per heavy atom. The first kappa shape index (κ1) is 17.6. The number of ether oxygens (including phenoxy) is 1. The van der Waals surface area contributed by atoms with E-state index in [1.807, 2.05) is 11.0 Å². The highest BCUT2D eigenvalue weighted by Crippen LogP contribution is 2.20. The van der Waals surface area contributed by atoms with Crippen molar-refractivity contribution in [3.63, 3.8) is 0 Å². The van der Waals surface area contributed by atoms with Gasteiger partial charge in [0.15, 0.2) is 0 Å². The minimum atomic E-state index is -0.0108. The molecule has 1 amide bonds. The van der Waals surface area contributed by atoms with Crippen LogP contribution in [-0.2, 0) is 4.74 Å². The molecule has 25 heavy (non-hydrogen) atoms. The van der Waals surface area contributed by atoms with Crippen LogP contribution in [-0.4, -0.2) is 72.2 Å². The summed E-state index contributed by atoms with van der Waals surface area (Å²) in [6, 6.07) is 6.81. The number of phenols is 1. The molecule has 0 bridgehead atoms. The molecule has 2 aromatic rings. The molecule has 134 valence electrons. The highest BCUT2D eigenvalue weighted by Gasteiger charge is 2.25. The molecule has 3 rings (SSSR count). The Balaban J connectivity index is 1.66. The molecule has 1 unspecified atom stereocenters. The van der Waals surface area contributed by atoms with Gasteiger partial charge in [-0.15, -0.1) is 0 Å². The predicted octanol–water partition coefficient (Wildman–Crippen LogP) is 2.12. The molecule has 1 N–H and O–H groups in total. The van der Waals surface area contributed by atoms with Gasteiger partial charge in [0.05, 0.1) is 23.8 Å². The summed E-state index contributed by atoms with van der Waals surface area (Å²) in [6.07, 6.45) is 3.70. The summed E-state index contributed by atoms with van der Waals surface area (Å²) in [7, 11) is 4.12. The molecule has 2 heterocycles. The molecular weight excluding hydrogens is 318 g/mol. The van der Waals surface area contributed by atoms with Crippen molar-refractivity contribution in [2.24, 2.45) is 0 Å². The number of phenolic OH excluding ortho intramolecular Hbond substituents is 1. The van der Waals surface area contributed by atoms with E-state index in [0.29, 0.717) is 30.8 Å². The molecule has 1 aliphatic rings. The predicted molar refractivity (Wildman–Crippen MR) is 96.8 cm³/mol. The summed E-state index contributed by atoms with van der Waals surface area (Å²) in [5.74, 6) is 0.163. The van der Waals surface area contributed by atoms with E-state index in [4.69, 9.17) is 4.74 Å². The molecule has 0 saturated carbocycles. The van der Waals surface area contributed by atoms with Crippen molar-refractivity contribution < 1.29 is 14.6 Å². The number of carbonyl (C=O) groups excluding carboxylic acids is 1. The number of nitrogens with zero attached hydrogens (tertiary/aromatic N) is 3. The number of rotatable bonds is 5. The van der Waals surface area contributed by atoms with Crippen molar-refractivity contribution in [1.29, 1.82) is 0 Å². The third kappa shape index (κ3) is 4.46. The lowest BCUT2D eigenvalue weighted by Gasteiger charge is -2.33. The van der Waals surface area contributed by atoms with E-state index in [2.05, 4.69) is 24.0 Å². The molecule has 0 aliphatic carbocycles. The van der Waals surface area contributed by atoms with E-state index in [9.17, 15) is 9.90 Å². The van der Waals surface area contributed by atoms with E-state index in [1.54, 1.807) is 24.4 Å². The van der Waals surface area contributed by atoms with Gasteiger partial charge in [-0.2, -0.15) is 0 Å². The van der Waals surface area contributed by atoms with Crippen LogP contribution in [0.5, 0.6) is 5.75 Å². The van der Waals surface area contributed by atoms with Crippen molar-refractivity contribution in [3.8, 4) is 5.75 Å². The third-order valence-electron chi connectivity index (χ3n) is 4.47. The van der Waals surface area contributed by atoms with Gasteiger partial charge in [-0.05, 0) is 51.7 Å². The van der Waals surface area contributed by atoms with E-state index in [1.165, 1.54) is 0 Å². The van der Waals surface area contributed by atoms with Gasteiger partial charge >= 0.3 is 0 Å². The van der Waals surface area contributed by atoms with Crippen LogP contribution < -0.4 is 0 Å². The molecule has 1 saturated heterocycles. The first-order valence-corrected chi connectivity index (χ1v) is 8.67. The van der Waals surface area contributed by atoms with Crippen LogP contribution in [0.15, 0.2) is 30.5 Å². The maximum absolute atomic E-state index is 12.8. The van der Waals surface area contributed by atoms with Gasteiger partial charge in [0.1, 0.15) is 5.75 Å². The first-order chi connectivity index (χ1) is 12.0. The molecule has 6 heteroatoms. The fraction of sp³-hybridized carbons (Fsp3) is 0.474. The number of pyridine rings is 1. The number of carbonyl (C=O) groups is 1. The Labute approximate surface area is 148 Å². The number of amides is 1. The third-order valence-corrected chi connectivity index (χ3v) is 4.47. The first-order valence-electron chi connectivity index (χ1n) is 8.67. The lowest BCUT2D eigenvalue weighted by Crippen LogP contribution is -2.45. The number of benzene rings is 1. The van der Waals surface area contributed by atoms with Crippen molar-refractivity contribution in [3.05, 3.63) is 36.0 Å². The van der Waals surface area contributed by atoms with Crippen LogP contribution in [0, 0.1) is 0 Å². The largest absolute Gasteiger partial charge is 0.508 e. The monoisotopic (exact) mass is 343 g/mol. The zero-order valence-corrected chi connectivity index (χ0v) is 14.8. The van der Waals surface area contributed by atoms with Gasteiger partial charge in [0, 0.05) is 30.7 Å². The Hall–Kier alpha value is -2.18. The molecule has 0 radical (unpaired) electrons. The lowest BCUT2D eigenvalue weighted by atomic mass is 10.1. The average Bonchev–Trinajstić information content (AvgIpc) is 2.60. The fourth-order valence-corrected chi connectivity index (χ4v) is 3.12. The second kappa shape index (κ2) is 7.80. The number of aromatic nitrogens is 1. The topological polar surface area (TPSA) is 65.9 Å². The van der Waals surface area contributed by atoms with E-state index >= 15 is 0 Å². The zero-order valence-electron chi connectivity index (χ0n) is 14.8. The molecule has 1 aromatic heterocycles. The number of fused-ring (bicyclic) bond motifs is 1. The summed E-state index contributed by atoms with van der Waals surface area (Å²) in [5.41, 5.74) is 1.26. The van der Waals surface area contributed by atoms with Crippen molar-refractivity contribution in [2.75, 3.05) is 40.3 Å².